The van der Waals surface area contributed by atoms with Gasteiger partial charge in [0.05, 0.1) is 5.71 Å². The van der Waals surface area contributed by atoms with E-state index in [1.807, 2.05) is 48.5 Å². The first-order valence-corrected chi connectivity index (χ1v) is 6.33. The van der Waals surface area contributed by atoms with Gasteiger partial charge in [-0.25, -0.2) is 0 Å². The Hall–Kier alpha value is -1.94. The quantitative estimate of drug-likeness (QED) is 0.382. The first-order chi connectivity index (χ1) is 8.69. The number of nitrogens with two attached hydrogens (primary N) is 1. The normalized spacial score (nSPS) is 11.5. The fourth-order valence-corrected chi connectivity index (χ4v) is 2.31. The van der Waals surface area contributed by atoms with Gasteiger partial charge < -0.3 is 10.9 Å². The van der Waals surface area contributed by atoms with E-state index >= 15 is 0 Å². The van der Waals surface area contributed by atoms with Gasteiger partial charge in [0, 0.05) is 15.5 Å². The molecule has 0 aliphatic carbocycles. The third-order valence-corrected chi connectivity index (χ3v) is 3.55. The van der Waals surface area contributed by atoms with Crippen LogP contribution in [0.1, 0.15) is 12.5 Å². The van der Waals surface area contributed by atoms with E-state index in [1.165, 1.54) is 0 Å². The highest BCUT2D eigenvalue weighted by atomic mass is 32.2. The number of rotatable bonds is 3. The summed E-state index contributed by atoms with van der Waals surface area (Å²) in [7, 11) is 0. The molecule has 3 N–H and O–H groups in total. The summed E-state index contributed by atoms with van der Waals surface area (Å²) in [5.74, 6) is 0. The number of oxime groups is 1. The number of nitrogens with zero attached hydrogens (tertiary/aromatic N) is 1. The van der Waals surface area contributed by atoms with E-state index < -0.39 is 0 Å². The lowest BCUT2D eigenvalue weighted by Crippen LogP contribution is -1.93. The van der Waals surface area contributed by atoms with Gasteiger partial charge in [0.2, 0.25) is 0 Å². The lowest BCUT2D eigenvalue weighted by molar-refractivity contribution is 0.319. The molecule has 0 radical (unpaired) electrons. The van der Waals surface area contributed by atoms with Gasteiger partial charge in [0.15, 0.2) is 0 Å². The summed E-state index contributed by atoms with van der Waals surface area (Å²) >= 11 is 1.67. The van der Waals surface area contributed by atoms with Gasteiger partial charge in [-0.2, -0.15) is 0 Å². The fraction of sp³-hybridized carbons (Fsp3) is 0.0714. The Balaban J connectivity index is 2.13. The minimum atomic E-state index is 0.610. The highest BCUT2D eigenvalue weighted by molar-refractivity contribution is 7.99. The molecule has 0 unspecified atom stereocenters. The van der Waals surface area contributed by atoms with Gasteiger partial charge in [-0.1, -0.05) is 29.1 Å². The summed E-state index contributed by atoms with van der Waals surface area (Å²) in [5.41, 5.74) is 7.94. The molecular formula is C14H14N2OS. The Morgan fingerprint density at radius 1 is 1.00 bits per heavy atom. The van der Waals surface area contributed by atoms with Crippen LogP contribution in [-0.2, 0) is 0 Å². The minimum absolute atomic E-state index is 0.610. The average molecular weight is 258 g/mol. The largest absolute Gasteiger partial charge is 0.411 e. The van der Waals surface area contributed by atoms with Crippen molar-refractivity contribution in [1.29, 1.82) is 0 Å². The second-order valence-corrected chi connectivity index (χ2v) is 5.03. The summed E-state index contributed by atoms with van der Waals surface area (Å²) < 4.78 is 0. The zero-order valence-electron chi connectivity index (χ0n) is 10.00. The van der Waals surface area contributed by atoms with Crippen LogP contribution in [0.25, 0.3) is 0 Å². The Morgan fingerprint density at radius 3 is 2.00 bits per heavy atom. The van der Waals surface area contributed by atoms with E-state index in [-0.39, 0.29) is 0 Å². The van der Waals surface area contributed by atoms with Crippen LogP contribution >= 0.6 is 11.8 Å². The summed E-state index contributed by atoms with van der Waals surface area (Å²) in [6.07, 6.45) is 0. The van der Waals surface area contributed by atoms with Crippen LogP contribution in [0.5, 0.6) is 0 Å². The van der Waals surface area contributed by atoms with Gasteiger partial charge in [0.25, 0.3) is 0 Å². The molecule has 0 spiro atoms. The molecule has 0 saturated carbocycles. The molecule has 0 heterocycles. The van der Waals surface area contributed by atoms with Crippen LogP contribution in [0.2, 0.25) is 0 Å². The lowest BCUT2D eigenvalue weighted by atomic mass is 10.1. The first kappa shape index (κ1) is 12.5. The van der Waals surface area contributed by atoms with E-state index in [0.29, 0.717) is 5.71 Å². The first-order valence-electron chi connectivity index (χ1n) is 5.51. The van der Waals surface area contributed by atoms with Crippen molar-refractivity contribution in [3.8, 4) is 0 Å². The van der Waals surface area contributed by atoms with E-state index in [1.54, 1.807) is 18.7 Å². The molecule has 0 aromatic heterocycles. The molecule has 0 bridgehead atoms. The SMILES string of the molecule is C/C(=N\O)c1ccc(Sc2ccc(N)cc2)cc1. The average Bonchev–Trinajstić information content (AvgIpc) is 2.41. The minimum Gasteiger partial charge on any atom is -0.411 e. The fourth-order valence-electron chi connectivity index (χ4n) is 1.49. The third kappa shape index (κ3) is 3.05. The van der Waals surface area contributed by atoms with Gasteiger partial charge >= 0.3 is 0 Å². The molecule has 0 amide bonds. The Morgan fingerprint density at radius 2 is 1.50 bits per heavy atom. The molecule has 2 aromatic carbocycles. The van der Waals surface area contributed by atoms with Crippen LogP contribution < -0.4 is 5.73 Å². The van der Waals surface area contributed by atoms with Crippen molar-refractivity contribution in [2.24, 2.45) is 5.16 Å². The van der Waals surface area contributed by atoms with E-state index in [2.05, 4.69) is 5.16 Å². The molecule has 4 heteroatoms. The maximum Gasteiger partial charge on any atom is 0.0836 e. The van der Waals surface area contributed by atoms with Gasteiger partial charge in [-0.05, 0) is 48.9 Å². The molecule has 0 fully saturated rings. The summed E-state index contributed by atoms with van der Waals surface area (Å²) in [6, 6.07) is 15.7. The van der Waals surface area contributed by atoms with Crippen molar-refractivity contribution in [1.82, 2.24) is 0 Å². The second kappa shape index (κ2) is 5.60. The topological polar surface area (TPSA) is 58.6 Å². The Bertz CT molecular complexity index is 547. The van der Waals surface area contributed by atoms with Gasteiger partial charge in [0.1, 0.15) is 0 Å². The standard InChI is InChI=1S/C14H14N2OS/c1-10(16-17)11-2-6-13(7-3-11)18-14-8-4-12(15)5-9-14/h2-9,17H,15H2,1H3/b16-10+. The second-order valence-electron chi connectivity index (χ2n) is 3.88. The van der Waals surface area contributed by atoms with Crippen molar-refractivity contribution < 1.29 is 5.21 Å². The molecule has 0 atom stereocenters. The van der Waals surface area contributed by atoms with Crippen molar-refractivity contribution in [2.45, 2.75) is 16.7 Å². The summed E-state index contributed by atoms with van der Waals surface area (Å²) in [5, 5.41) is 11.9. The van der Waals surface area contributed by atoms with Gasteiger partial charge in [-0.15, -0.1) is 0 Å². The van der Waals surface area contributed by atoms with Crippen molar-refractivity contribution in [3.63, 3.8) is 0 Å². The molecule has 0 saturated heterocycles. The third-order valence-electron chi connectivity index (χ3n) is 2.54. The van der Waals surface area contributed by atoms with Crippen molar-refractivity contribution >= 4 is 23.2 Å². The molecular weight excluding hydrogens is 244 g/mol. The summed E-state index contributed by atoms with van der Waals surface area (Å²) in [6.45, 7) is 1.77. The monoisotopic (exact) mass is 258 g/mol. The predicted molar refractivity (Wildman–Crippen MR) is 75.4 cm³/mol. The van der Waals surface area contributed by atoms with Crippen LogP contribution in [0.4, 0.5) is 5.69 Å². The molecule has 3 nitrogen and oxygen atoms in total. The molecule has 18 heavy (non-hydrogen) atoms. The number of benzene rings is 2. The van der Waals surface area contributed by atoms with Crippen LogP contribution in [-0.4, -0.2) is 10.9 Å². The number of hydrogen-bond acceptors (Lipinski definition) is 4. The zero-order chi connectivity index (χ0) is 13.0. The maximum atomic E-state index is 8.69. The van der Waals surface area contributed by atoms with Crippen molar-refractivity contribution in [2.75, 3.05) is 5.73 Å². The highest BCUT2D eigenvalue weighted by Crippen LogP contribution is 2.28. The van der Waals surface area contributed by atoms with Gasteiger partial charge in [-0.3, -0.25) is 0 Å². The van der Waals surface area contributed by atoms with Crippen molar-refractivity contribution in [3.05, 3.63) is 54.1 Å². The lowest BCUT2D eigenvalue weighted by Gasteiger charge is -2.03. The number of anilines is 1. The number of hydrogen-bond donors (Lipinski definition) is 2. The molecule has 0 aliphatic heterocycles. The van der Waals surface area contributed by atoms with E-state index in [9.17, 15) is 0 Å². The maximum absolute atomic E-state index is 8.69. The van der Waals surface area contributed by atoms with Crippen LogP contribution in [0, 0.1) is 0 Å². The smallest absolute Gasteiger partial charge is 0.0836 e. The Labute approximate surface area is 110 Å². The molecule has 0 aliphatic rings. The van der Waals surface area contributed by atoms with Crippen LogP contribution in [0.15, 0.2) is 63.5 Å². The Kier molecular flexibility index (Phi) is 3.89. The highest BCUT2D eigenvalue weighted by Gasteiger charge is 2.00. The molecule has 92 valence electrons. The summed E-state index contributed by atoms with van der Waals surface area (Å²) in [4.78, 5) is 2.28. The van der Waals surface area contributed by atoms with E-state index in [0.717, 1.165) is 21.0 Å². The number of nitrogen functional groups attached to an aromatic ring is 1. The molecule has 2 aromatic rings. The molecule has 2 rings (SSSR count). The van der Waals surface area contributed by atoms with Crippen LogP contribution in [0.3, 0.4) is 0 Å². The zero-order valence-corrected chi connectivity index (χ0v) is 10.8. The predicted octanol–water partition coefficient (Wildman–Crippen LogP) is 3.62. The van der Waals surface area contributed by atoms with E-state index in [4.69, 9.17) is 10.9 Å².